The van der Waals surface area contributed by atoms with Crippen molar-refractivity contribution in [3.8, 4) is 11.4 Å². The largest absolute Gasteiger partial charge is 0.357 e. The van der Waals surface area contributed by atoms with Crippen LogP contribution in [0, 0.1) is 0 Å². The van der Waals surface area contributed by atoms with Gasteiger partial charge >= 0.3 is 0 Å². The van der Waals surface area contributed by atoms with Crippen LogP contribution in [0.2, 0.25) is 5.02 Å². The van der Waals surface area contributed by atoms with Gasteiger partial charge in [0.05, 0.1) is 0 Å². The fourth-order valence-corrected chi connectivity index (χ4v) is 1.90. The van der Waals surface area contributed by atoms with Crippen LogP contribution in [0.15, 0.2) is 33.8 Å². The molecule has 7 heteroatoms. The van der Waals surface area contributed by atoms with Gasteiger partial charge in [-0.25, -0.2) is 4.99 Å². The molecule has 0 bridgehead atoms. The topological polar surface area (TPSA) is 75.3 Å². The van der Waals surface area contributed by atoms with Crippen LogP contribution < -0.4 is 10.6 Å². The lowest BCUT2D eigenvalue weighted by Crippen LogP contribution is -2.41. The van der Waals surface area contributed by atoms with E-state index in [0.717, 1.165) is 18.1 Å². The standard InChI is InChI=1S/C15H20ClN5O/c1-4-17-15(19-10(2)3)18-9-13-20-14(21-22-13)11-5-7-12(16)8-6-11/h5-8,10H,4,9H2,1-3H3,(H2,17,18,19). The summed E-state index contributed by atoms with van der Waals surface area (Å²) in [5.41, 5.74) is 0.857. The van der Waals surface area contributed by atoms with Crippen LogP contribution in [0.5, 0.6) is 0 Å². The van der Waals surface area contributed by atoms with Gasteiger partial charge in [-0.2, -0.15) is 4.98 Å². The first-order chi connectivity index (χ1) is 10.6. The summed E-state index contributed by atoms with van der Waals surface area (Å²) in [6.45, 7) is 7.24. The van der Waals surface area contributed by atoms with E-state index >= 15 is 0 Å². The molecule has 0 spiro atoms. The lowest BCUT2D eigenvalue weighted by Gasteiger charge is -2.13. The Morgan fingerprint density at radius 2 is 2.05 bits per heavy atom. The minimum atomic E-state index is 0.296. The smallest absolute Gasteiger partial charge is 0.248 e. The second kappa shape index (κ2) is 7.79. The van der Waals surface area contributed by atoms with Gasteiger partial charge in [0.25, 0.3) is 0 Å². The van der Waals surface area contributed by atoms with Crippen molar-refractivity contribution in [1.29, 1.82) is 0 Å². The van der Waals surface area contributed by atoms with Gasteiger partial charge < -0.3 is 15.2 Å². The molecule has 0 amide bonds. The number of hydrogen-bond donors (Lipinski definition) is 2. The summed E-state index contributed by atoms with van der Waals surface area (Å²) >= 11 is 5.86. The Morgan fingerprint density at radius 3 is 2.68 bits per heavy atom. The number of halogens is 1. The third kappa shape index (κ3) is 4.73. The van der Waals surface area contributed by atoms with Crippen molar-refractivity contribution in [2.24, 2.45) is 4.99 Å². The summed E-state index contributed by atoms with van der Waals surface area (Å²) in [4.78, 5) is 8.76. The number of guanidine groups is 1. The molecule has 2 rings (SSSR count). The summed E-state index contributed by atoms with van der Waals surface area (Å²) in [7, 11) is 0. The molecule has 1 aromatic carbocycles. The Morgan fingerprint density at radius 1 is 1.32 bits per heavy atom. The zero-order valence-corrected chi connectivity index (χ0v) is 13.7. The molecule has 0 atom stereocenters. The predicted molar refractivity (Wildman–Crippen MR) is 87.8 cm³/mol. The minimum Gasteiger partial charge on any atom is -0.357 e. The number of nitrogens with zero attached hydrogens (tertiary/aromatic N) is 3. The van der Waals surface area contributed by atoms with Crippen LogP contribution in [0.1, 0.15) is 26.7 Å². The summed E-state index contributed by atoms with van der Waals surface area (Å²) in [6.07, 6.45) is 0. The summed E-state index contributed by atoms with van der Waals surface area (Å²) in [5.74, 6) is 1.72. The first-order valence-corrected chi connectivity index (χ1v) is 7.59. The van der Waals surface area contributed by atoms with E-state index in [1.165, 1.54) is 0 Å². The van der Waals surface area contributed by atoms with E-state index in [2.05, 4.69) is 39.6 Å². The number of rotatable bonds is 5. The molecular formula is C15H20ClN5O. The lowest BCUT2D eigenvalue weighted by molar-refractivity contribution is 0.380. The maximum Gasteiger partial charge on any atom is 0.248 e. The molecule has 0 aliphatic carbocycles. The number of aromatic nitrogens is 2. The van der Waals surface area contributed by atoms with Crippen LogP contribution in [0.3, 0.4) is 0 Å². The Hall–Kier alpha value is -2.08. The molecule has 0 fully saturated rings. The van der Waals surface area contributed by atoms with Gasteiger partial charge in [-0.3, -0.25) is 0 Å². The van der Waals surface area contributed by atoms with Crippen LogP contribution in [0.4, 0.5) is 0 Å². The summed E-state index contributed by atoms with van der Waals surface area (Å²) in [6, 6.07) is 7.59. The molecule has 1 aromatic heterocycles. The normalized spacial score (nSPS) is 11.8. The summed E-state index contributed by atoms with van der Waals surface area (Å²) in [5, 5.41) is 11.0. The fraction of sp³-hybridized carbons (Fsp3) is 0.400. The quantitative estimate of drug-likeness (QED) is 0.654. The van der Waals surface area contributed by atoms with Crippen molar-refractivity contribution in [3.63, 3.8) is 0 Å². The molecule has 0 radical (unpaired) electrons. The minimum absolute atomic E-state index is 0.296. The Labute approximate surface area is 135 Å². The van der Waals surface area contributed by atoms with Gasteiger partial charge in [0.1, 0.15) is 6.54 Å². The maximum atomic E-state index is 5.86. The zero-order chi connectivity index (χ0) is 15.9. The van der Waals surface area contributed by atoms with Crippen molar-refractivity contribution in [1.82, 2.24) is 20.8 Å². The molecule has 0 aliphatic rings. The van der Waals surface area contributed by atoms with Crippen molar-refractivity contribution in [3.05, 3.63) is 35.2 Å². The van der Waals surface area contributed by atoms with E-state index in [1.807, 2.05) is 19.1 Å². The highest BCUT2D eigenvalue weighted by Crippen LogP contribution is 2.18. The highest BCUT2D eigenvalue weighted by molar-refractivity contribution is 6.30. The van der Waals surface area contributed by atoms with Crippen LogP contribution in [0.25, 0.3) is 11.4 Å². The van der Waals surface area contributed by atoms with E-state index in [0.29, 0.717) is 29.3 Å². The monoisotopic (exact) mass is 321 g/mol. The van der Waals surface area contributed by atoms with Crippen LogP contribution in [-0.2, 0) is 6.54 Å². The van der Waals surface area contributed by atoms with Crippen molar-refractivity contribution >= 4 is 17.6 Å². The SMILES string of the molecule is CCNC(=NCc1nc(-c2ccc(Cl)cc2)no1)NC(C)C. The molecule has 22 heavy (non-hydrogen) atoms. The molecule has 0 aliphatic heterocycles. The van der Waals surface area contributed by atoms with Gasteiger partial charge in [-0.15, -0.1) is 0 Å². The molecule has 2 aromatic rings. The van der Waals surface area contributed by atoms with Crippen LogP contribution >= 0.6 is 11.6 Å². The molecule has 0 saturated carbocycles. The van der Waals surface area contributed by atoms with E-state index in [4.69, 9.17) is 16.1 Å². The molecule has 0 saturated heterocycles. The van der Waals surface area contributed by atoms with E-state index < -0.39 is 0 Å². The first-order valence-electron chi connectivity index (χ1n) is 7.22. The van der Waals surface area contributed by atoms with Crippen molar-refractivity contribution < 1.29 is 4.52 Å². The fourth-order valence-electron chi connectivity index (χ4n) is 1.78. The van der Waals surface area contributed by atoms with Gasteiger partial charge in [0, 0.05) is 23.2 Å². The predicted octanol–water partition coefficient (Wildman–Crippen LogP) is 2.85. The van der Waals surface area contributed by atoms with E-state index in [-0.39, 0.29) is 0 Å². The number of nitrogens with one attached hydrogen (secondary N) is 2. The van der Waals surface area contributed by atoms with Gasteiger partial charge in [0.15, 0.2) is 5.96 Å². The third-order valence-electron chi connectivity index (χ3n) is 2.71. The van der Waals surface area contributed by atoms with Gasteiger partial charge in [0.2, 0.25) is 11.7 Å². The third-order valence-corrected chi connectivity index (χ3v) is 2.96. The van der Waals surface area contributed by atoms with E-state index in [1.54, 1.807) is 12.1 Å². The number of benzene rings is 1. The second-order valence-electron chi connectivity index (χ2n) is 5.01. The highest BCUT2D eigenvalue weighted by atomic mass is 35.5. The molecular weight excluding hydrogens is 302 g/mol. The zero-order valence-electron chi connectivity index (χ0n) is 12.9. The molecule has 118 valence electrons. The van der Waals surface area contributed by atoms with E-state index in [9.17, 15) is 0 Å². The second-order valence-corrected chi connectivity index (χ2v) is 5.45. The molecule has 2 N–H and O–H groups in total. The number of aliphatic imine (C=N–C) groups is 1. The lowest BCUT2D eigenvalue weighted by atomic mass is 10.2. The Balaban J connectivity index is 2.06. The first kappa shape index (κ1) is 16.3. The number of hydrogen-bond acceptors (Lipinski definition) is 4. The van der Waals surface area contributed by atoms with Crippen LogP contribution in [-0.4, -0.2) is 28.7 Å². The maximum absolute atomic E-state index is 5.86. The average Bonchev–Trinajstić information content (AvgIpc) is 2.94. The van der Waals surface area contributed by atoms with Crippen molar-refractivity contribution in [2.75, 3.05) is 6.54 Å². The Bertz CT molecular complexity index is 621. The summed E-state index contributed by atoms with van der Waals surface area (Å²) < 4.78 is 5.23. The average molecular weight is 322 g/mol. The molecule has 1 heterocycles. The molecule has 0 unspecified atom stereocenters. The molecule has 6 nitrogen and oxygen atoms in total. The van der Waals surface area contributed by atoms with Crippen molar-refractivity contribution in [2.45, 2.75) is 33.4 Å². The van der Waals surface area contributed by atoms with Gasteiger partial charge in [-0.05, 0) is 45.0 Å². The Kier molecular flexibility index (Phi) is 5.77. The van der Waals surface area contributed by atoms with Gasteiger partial charge in [-0.1, -0.05) is 16.8 Å². The highest BCUT2D eigenvalue weighted by Gasteiger charge is 2.08.